The summed E-state index contributed by atoms with van der Waals surface area (Å²) >= 11 is 0. The van der Waals surface area contributed by atoms with Crippen molar-refractivity contribution < 1.29 is 0 Å². The van der Waals surface area contributed by atoms with Gasteiger partial charge in [0.05, 0.1) is 0 Å². The monoisotopic (exact) mass is 238 g/mol. The van der Waals surface area contributed by atoms with Gasteiger partial charge in [-0.25, -0.2) is 0 Å². The van der Waals surface area contributed by atoms with E-state index in [-0.39, 0.29) is 0 Å². The highest BCUT2D eigenvalue weighted by Gasteiger charge is 2.19. The third-order valence-electron chi connectivity index (χ3n) is 4.76. The van der Waals surface area contributed by atoms with Gasteiger partial charge in [0, 0.05) is 6.04 Å². The van der Waals surface area contributed by atoms with Crippen molar-refractivity contribution in [1.29, 1.82) is 0 Å². The van der Waals surface area contributed by atoms with Crippen molar-refractivity contribution in [2.45, 2.75) is 57.9 Å². The highest BCUT2D eigenvalue weighted by atomic mass is 15.1. The minimum Gasteiger partial charge on any atom is -0.314 e. The van der Waals surface area contributed by atoms with E-state index >= 15 is 0 Å². The van der Waals surface area contributed by atoms with Crippen molar-refractivity contribution in [3.63, 3.8) is 0 Å². The summed E-state index contributed by atoms with van der Waals surface area (Å²) in [7, 11) is 2.25. The molecule has 2 fully saturated rings. The van der Waals surface area contributed by atoms with Gasteiger partial charge in [0.2, 0.25) is 0 Å². The van der Waals surface area contributed by atoms with E-state index < -0.39 is 0 Å². The van der Waals surface area contributed by atoms with Crippen LogP contribution in [0.1, 0.15) is 51.9 Å². The molecule has 2 unspecified atom stereocenters. The molecule has 0 bridgehead atoms. The highest BCUT2D eigenvalue weighted by Crippen LogP contribution is 2.24. The molecule has 1 saturated carbocycles. The van der Waals surface area contributed by atoms with Crippen LogP contribution >= 0.6 is 0 Å². The van der Waals surface area contributed by atoms with E-state index in [9.17, 15) is 0 Å². The fourth-order valence-corrected chi connectivity index (χ4v) is 3.46. The topological polar surface area (TPSA) is 15.3 Å². The third-order valence-corrected chi connectivity index (χ3v) is 4.76. The minimum atomic E-state index is 0.824. The Morgan fingerprint density at radius 2 is 1.88 bits per heavy atom. The number of rotatable bonds is 4. The molecule has 0 spiro atoms. The van der Waals surface area contributed by atoms with E-state index in [0.29, 0.717) is 0 Å². The molecular weight excluding hydrogens is 208 g/mol. The third kappa shape index (κ3) is 4.59. The quantitative estimate of drug-likeness (QED) is 0.810. The molecule has 0 aromatic heterocycles. The number of nitrogens with zero attached hydrogens (tertiary/aromatic N) is 1. The molecule has 2 nitrogen and oxygen atoms in total. The van der Waals surface area contributed by atoms with Crippen LogP contribution in [0.5, 0.6) is 0 Å². The van der Waals surface area contributed by atoms with E-state index in [0.717, 1.165) is 17.9 Å². The summed E-state index contributed by atoms with van der Waals surface area (Å²) in [5.74, 6) is 1.93. The lowest BCUT2D eigenvalue weighted by Crippen LogP contribution is -2.36. The first kappa shape index (κ1) is 13.4. The molecule has 1 N–H and O–H groups in total. The maximum Gasteiger partial charge on any atom is 0.00696 e. The Bertz CT molecular complexity index is 209. The maximum atomic E-state index is 3.80. The molecule has 2 heteroatoms. The Morgan fingerprint density at radius 3 is 2.59 bits per heavy atom. The van der Waals surface area contributed by atoms with Gasteiger partial charge in [-0.1, -0.05) is 19.8 Å². The molecule has 0 aromatic carbocycles. The SMILES string of the molecule is CC1CCCC(NCCC2CCN(C)CC2)C1. The Kier molecular flexibility index (Phi) is 5.30. The highest BCUT2D eigenvalue weighted by molar-refractivity contribution is 4.77. The van der Waals surface area contributed by atoms with Crippen molar-refractivity contribution in [3.8, 4) is 0 Å². The molecule has 0 radical (unpaired) electrons. The zero-order chi connectivity index (χ0) is 12.1. The summed E-state index contributed by atoms with van der Waals surface area (Å²) in [4.78, 5) is 2.47. The molecule has 1 saturated heterocycles. The molecule has 1 heterocycles. The van der Waals surface area contributed by atoms with Crippen LogP contribution in [0.3, 0.4) is 0 Å². The van der Waals surface area contributed by atoms with Gasteiger partial charge < -0.3 is 10.2 Å². The van der Waals surface area contributed by atoms with Crippen LogP contribution in [0.2, 0.25) is 0 Å². The lowest BCUT2D eigenvalue weighted by atomic mass is 9.87. The minimum absolute atomic E-state index is 0.824. The van der Waals surface area contributed by atoms with Crippen LogP contribution in [0, 0.1) is 11.8 Å². The lowest BCUT2D eigenvalue weighted by molar-refractivity contribution is 0.207. The molecule has 1 aliphatic carbocycles. The van der Waals surface area contributed by atoms with Crippen LogP contribution in [0.25, 0.3) is 0 Å². The van der Waals surface area contributed by atoms with Crippen LogP contribution in [-0.2, 0) is 0 Å². The van der Waals surface area contributed by atoms with E-state index in [1.165, 1.54) is 64.6 Å². The van der Waals surface area contributed by atoms with E-state index in [4.69, 9.17) is 0 Å². The summed E-state index contributed by atoms with van der Waals surface area (Å²) in [6.07, 6.45) is 9.95. The van der Waals surface area contributed by atoms with Gasteiger partial charge in [-0.05, 0) is 70.6 Å². The number of piperidine rings is 1. The molecule has 17 heavy (non-hydrogen) atoms. The molecule has 2 rings (SSSR count). The van der Waals surface area contributed by atoms with Crippen molar-refractivity contribution in [3.05, 3.63) is 0 Å². The Balaban J connectivity index is 1.56. The fourth-order valence-electron chi connectivity index (χ4n) is 3.46. The average molecular weight is 238 g/mol. The molecule has 2 atom stereocenters. The second-order valence-electron chi connectivity index (χ2n) is 6.46. The number of likely N-dealkylation sites (tertiary alicyclic amines) is 1. The van der Waals surface area contributed by atoms with Crippen LogP contribution in [0.4, 0.5) is 0 Å². The first-order valence-corrected chi connectivity index (χ1v) is 7.66. The smallest absolute Gasteiger partial charge is 0.00696 e. The Hall–Kier alpha value is -0.0800. The lowest BCUT2D eigenvalue weighted by Gasteiger charge is -2.31. The summed E-state index contributed by atoms with van der Waals surface area (Å²) in [6, 6.07) is 0.824. The Labute approximate surface area is 107 Å². The summed E-state index contributed by atoms with van der Waals surface area (Å²) < 4.78 is 0. The molecule has 100 valence electrons. The van der Waals surface area contributed by atoms with Crippen molar-refractivity contribution in [2.24, 2.45) is 11.8 Å². The summed E-state index contributed by atoms with van der Waals surface area (Å²) in [5.41, 5.74) is 0. The standard InChI is InChI=1S/C15H30N2/c1-13-4-3-5-15(12-13)16-9-6-14-7-10-17(2)11-8-14/h13-16H,3-12H2,1-2H3. The maximum absolute atomic E-state index is 3.80. The van der Waals surface area contributed by atoms with Gasteiger partial charge in [0.15, 0.2) is 0 Å². The second kappa shape index (κ2) is 6.75. The van der Waals surface area contributed by atoms with Crippen LogP contribution < -0.4 is 5.32 Å². The molecular formula is C15H30N2. The molecule has 0 amide bonds. The fraction of sp³-hybridized carbons (Fsp3) is 1.00. The zero-order valence-electron chi connectivity index (χ0n) is 11.8. The van der Waals surface area contributed by atoms with Crippen LogP contribution in [-0.4, -0.2) is 37.6 Å². The van der Waals surface area contributed by atoms with Crippen molar-refractivity contribution >= 4 is 0 Å². The summed E-state index contributed by atoms with van der Waals surface area (Å²) in [5, 5.41) is 3.80. The average Bonchev–Trinajstić information content (AvgIpc) is 2.32. The molecule has 1 aliphatic heterocycles. The van der Waals surface area contributed by atoms with Crippen molar-refractivity contribution in [2.75, 3.05) is 26.7 Å². The largest absolute Gasteiger partial charge is 0.314 e. The zero-order valence-corrected chi connectivity index (χ0v) is 11.8. The predicted molar refractivity (Wildman–Crippen MR) is 74.3 cm³/mol. The van der Waals surface area contributed by atoms with Gasteiger partial charge in [0.1, 0.15) is 0 Å². The predicted octanol–water partition coefficient (Wildman–Crippen LogP) is 2.89. The molecule has 2 aliphatic rings. The van der Waals surface area contributed by atoms with Gasteiger partial charge in [0.25, 0.3) is 0 Å². The Morgan fingerprint density at radius 1 is 1.12 bits per heavy atom. The second-order valence-corrected chi connectivity index (χ2v) is 6.46. The van der Waals surface area contributed by atoms with Gasteiger partial charge in [-0.2, -0.15) is 0 Å². The number of nitrogens with one attached hydrogen (secondary N) is 1. The van der Waals surface area contributed by atoms with E-state index in [2.05, 4.69) is 24.2 Å². The first-order chi connectivity index (χ1) is 8.24. The van der Waals surface area contributed by atoms with E-state index in [1.54, 1.807) is 0 Å². The first-order valence-electron chi connectivity index (χ1n) is 7.66. The number of hydrogen-bond donors (Lipinski definition) is 1. The summed E-state index contributed by atoms with van der Waals surface area (Å²) in [6.45, 7) is 6.28. The van der Waals surface area contributed by atoms with E-state index in [1.807, 2.05) is 0 Å². The van der Waals surface area contributed by atoms with Gasteiger partial charge in [-0.3, -0.25) is 0 Å². The van der Waals surface area contributed by atoms with Crippen LogP contribution in [0.15, 0.2) is 0 Å². The van der Waals surface area contributed by atoms with Gasteiger partial charge in [-0.15, -0.1) is 0 Å². The van der Waals surface area contributed by atoms with Gasteiger partial charge >= 0.3 is 0 Å². The normalized spacial score (nSPS) is 32.8. The number of hydrogen-bond acceptors (Lipinski definition) is 2. The van der Waals surface area contributed by atoms with Crippen molar-refractivity contribution in [1.82, 2.24) is 10.2 Å². The molecule has 0 aromatic rings.